The average Bonchev–Trinajstić information content (AvgIpc) is 2.34. The van der Waals surface area contributed by atoms with E-state index >= 15 is 0 Å². The van der Waals surface area contributed by atoms with Crippen molar-refractivity contribution in [1.29, 1.82) is 0 Å². The molecule has 134 valence electrons. The van der Waals surface area contributed by atoms with Crippen LogP contribution in [-0.4, -0.2) is 31.4 Å². The Morgan fingerprint density at radius 1 is 1.12 bits per heavy atom. The number of aliphatic carboxylic acids is 1. The van der Waals surface area contributed by atoms with Gasteiger partial charge in [-0.1, -0.05) is 13.8 Å². The highest BCUT2D eigenvalue weighted by molar-refractivity contribution is 7.89. The highest BCUT2D eigenvalue weighted by Gasteiger charge is 2.25. The fraction of sp³-hybridized carbons (Fsp3) is 0.500. The molecule has 0 bridgehead atoms. The molecule has 0 atom stereocenters. The van der Waals surface area contributed by atoms with Crippen LogP contribution in [0, 0.1) is 5.41 Å². The fourth-order valence-electron chi connectivity index (χ4n) is 2.21. The SMILES string of the molecule is CC(C)NS(=O)(=O)c1ccc(NC(=O)CC(C)(C)CC(=O)O)cc1. The Kier molecular flexibility index (Phi) is 6.50. The average molecular weight is 356 g/mol. The van der Waals surface area contributed by atoms with Crippen LogP contribution in [0.4, 0.5) is 5.69 Å². The van der Waals surface area contributed by atoms with E-state index in [4.69, 9.17) is 5.11 Å². The molecule has 1 amide bonds. The third-order valence-electron chi connectivity index (χ3n) is 3.11. The van der Waals surface area contributed by atoms with Crippen molar-refractivity contribution in [3.63, 3.8) is 0 Å². The van der Waals surface area contributed by atoms with Crippen molar-refractivity contribution in [3.05, 3.63) is 24.3 Å². The maximum atomic E-state index is 12.0. The minimum absolute atomic E-state index is 0.0499. The number of nitrogens with one attached hydrogen (secondary N) is 2. The zero-order chi connectivity index (χ0) is 18.5. The number of carbonyl (C=O) groups excluding carboxylic acids is 1. The lowest BCUT2D eigenvalue weighted by atomic mass is 9.85. The van der Waals surface area contributed by atoms with Crippen LogP contribution in [0.2, 0.25) is 0 Å². The Bertz CT molecular complexity index is 694. The predicted molar refractivity (Wildman–Crippen MR) is 91.2 cm³/mol. The second-order valence-corrected chi connectivity index (χ2v) is 8.47. The molecule has 0 aliphatic carbocycles. The summed E-state index contributed by atoms with van der Waals surface area (Å²) in [7, 11) is -3.58. The summed E-state index contributed by atoms with van der Waals surface area (Å²) >= 11 is 0. The van der Waals surface area contributed by atoms with E-state index in [1.54, 1.807) is 27.7 Å². The molecule has 0 saturated heterocycles. The molecule has 7 nitrogen and oxygen atoms in total. The van der Waals surface area contributed by atoms with Crippen LogP contribution < -0.4 is 10.0 Å². The molecule has 1 aromatic carbocycles. The first-order valence-electron chi connectivity index (χ1n) is 7.55. The minimum atomic E-state index is -3.58. The van der Waals surface area contributed by atoms with Crippen molar-refractivity contribution < 1.29 is 23.1 Å². The molecule has 0 heterocycles. The second kappa shape index (κ2) is 7.76. The molecule has 1 aromatic rings. The summed E-state index contributed by atoms with van der Waals surface area (Å²) < 4.78 is 26.5. The van der Waals surface area contributed by atoms with Crippen molar-refractivity contribution in [2.24, 2.45) is 5.41 Å². The summed E-state index contributed by atoms with van der Waals surface area (Å²) in [6.07, 6.45) is -0.0628. The Balaban J connectivity index is 2.74. The van der Waals surface area contributed by atoms with E-state index in [0.717, 1.165) is 0 Å². The van der Waals surface area contributed by atoms with Crippen LogP contribution in [0.3, 0.4) is 0 Å². The van der Waals surface area contributed by atoms with E-state index in [1.165, 1.54) is 24.3 Å². The van der Waals surface area contributed by atoms with Gasteiger partial charge in [0.2, 0.25) is 15.9 Å². The summed E-state index contributed by atoms with van der Waals surface area (Å²) in [5.41, 5.74) is -0.213. The lowest BCUT2D eigenvalue weighted by molar-refractivity contribution is -0.139. The molecule has 0 fully saturated rings. The lowest BCUT2D eigenvalue weighted by Crippen LogP contribution is -2.30. The van der Waals surface area contributed by atoms with Gasteiger partial charge in [0.25, 0.3) is 0 Å². The Morgan fingerprint density at radius 2 is 1.67 bits per heavy atom. The first-order valence-corrected chi connectivity index (χ1v) is 9.04. The van der Waals surface area contributed by atoms with Gasteiger partial charge in [0, 0.05) is 18.2 Å². The van der Waals surface area contributed by atoms with Crippen LogP contribution in [0.25, 0.3) is 0 Å². The summed E-state index contributed by atoms with van der Waals surface area (Å²) in [4.78, 5) is 22.9. The number of hydrogen-bond acceptors (Lipinski definition) is 4. The number of carbonyl (C=O) groups is 2. The summed E-state index contributed by atoms with van der Waals surface area (Å²) in [5, 5.41) is 11.5. The van der Waals surface area contributed by atoms with Crippen molar-refractivity contribution in [3.8, 4) is 0 Å². The van der Waals surface area contributed by atoms with Crippen molar-refractivity contribution in [2.75, 3.05) is 5.32 Å². The monoisotopic (exact) mass is 356 g/mol. The highest BCUT2D eigenvalue weighted by Crippen LogP contribution is 2.25. The van der Waals surface area contributed by atoms with Gasteiger partial charge in [0.15, 0.2) is 0 Å². The van der Waals surface area contributed by atoms with Crippen molar-refractivity contribution >= 4 is 27.6 Å². The molecule has 0 aromatic heterocycles. The lowest BCUT2D eigenvalue weighted by Gasteiger charge is -2.21. The van der Waals surface area contributed by atoms with Gasteiger partial charge in [-0.25, -0.2) is 13.1 Å². The number of carboxylic acids is 1. The Hall–Kier alpha value is -1.93. The Morgan fingerprint density at radius 3 is 2.12 bits per heavy atom. The van der Waals surface area contributed by atoms with E-state index in [9.17, 15) is 18.0 Å². The van der Waals surface area contributed by atoms with Crippen molar-refractivity contribution in [2.45, 2.75) is 51.5 Å². The van der Waals surface area contributed by atoms with E-state index < -0.39 is 21.4 Å². The zero-order valence-corrected chi connectivity index (χ0v) is 15.1. The molecule has 1 rings (SSSR count). The molecule has 24 heavy (non-hydrogen) atoms. The van der Waals surface area contributed by atoms with Gasteiger partial charge in [0.05, 0.1) is 11.3 Å². The van der Waals surface area contributed by atoms with Crippen LogP contribution >= 0.6 is 0 Å². The first kappa shape index (κ1) is 20.1. The molecule has 0 saturated carbocycles. The van der Waals surface area contributed by atoms with E-state index in [1.807, 2.05) is 0 Å². The molecule has 8 heteroatoms. The molecule has 0 unspecified atom stereocenters. The number of carboxylic acid groups (broad SMARTS) is 1. The van der Waals surface area contributed by atoms with Gasteiger partial charge in [-0.05, 0) is 43.5 Å². The highest BCUT2D eigenvalue weighted by atomic mass is 32.2. The number of anilines is 1. The smallest absolute Gasteiger partial charge is 0.303 e. The van der Waals surface area contributed by atoms with Gasteiger partial charge in [-0.3, -0.25) is 9.59 Å². The van der Waals surface area contributed by atoms with E-state index in [2.05, 4.69) is 10.0 Å². The predicted octanol–water partition coefficient (Wildman–Crippen LogP) is 2.20. The van der Waals surface area contributed by atoms with Gasteiger partial charge in [-0.2, -0.15) is 0 Å². The topological polar surface area (TPSA) is 113 Å². The number of hydrogen-bond donors (Lipinski definition) is 3. The maximum absolute atomic E-state index is 12.0. The minimum Gasteiger partial charge on any atom is -0.481 e. The van der Waals surface area contributed by atoms with Gasteiger partial charge in [0.1, 0.15) is 0 Å². The molecule has 0 spiro atoms. The quantitative estimate of drug-likeness (QED) is 0.661. The zero-order valence-electron chi connectivity index (χ0n) is 14.3. The van der Waals surface area contributed by atoms with Crippen LogP contribution in [-0.2, 0) is 19.6 Å². The maximum Gasteiger partial charge on any atom is 0.303 e. The summed E-state index contributed by atoms with van der Waals surface area (Å²) in [6.45, 7) is 6.86. The van der Waals surface area contributed by atoms with Crippen LogP contribution in [0.1, 0.15) is 40.5 Å². The normalized spacial score (nSPS) is 12.2. The third-order valence-corrected chi connectivity index (χ3v) is 4.78. The number of rotatable bonds is 8. The molecular weight excluding hydrogens is 332 g/mol. The van der Waals surface area contributed by atoms with Crippen LogP contribution in [0.5, 0.6) is 0 Å². The molecule has 0 aliphatic rings. The summed E-state index contributed by atoms with van der Waals surface area (Å²) in [5.74, 6) is -1.28. The fourth-order valence-corrected chi connectivity index (χ4v) is 3.46. The van der Waals surface area contributed by atoms with Gasteiger partial charge in [-0.15, -0.1) is 0 Å². The van der Waals surface area contributed by atoms with Gasteiger partial charge >= 0.3 is 5.97 Å². The second-order valence-electron chi connectivity index (χ2n) is 6.76. The first-order chi connectivity index (χ1) is 10.9. The van der Waals surface area contributed by atoms with Gasteiger partial charge < -0.3 is 10.4 Å². The molecule has 0 radical (unpaired) electrons. The molecule has 3 N–H and O–H groups in total. The molecule has 0 aliphatic heterocycles. The van der Waals surface area contributed by atoms with E-state index in [-0.39, 0.29) is 29.7 Å². The van der Waals surface area contributed by atoms with Crippen LogP contribution in [0.15, 0.2) is 29.2 Å². The number of sulfonamides is 1. The van der Waals surface area contributed by atoms with E-state index in [0.29, 0.717) is 5.69 Å². The largest absolute Gasteiger partial charge is 0.481 e. The number of amides is 1. The molecular formula is C16H24N2O5S. The summed E-state index contributed by atoms with van der Waals surface area (Å²) in [6, 6.07) is 5.59. The van der Waals surface area contributed by atoms with Crippen molar-refractivity contribution in [1.82, 2.24) is 4.72 Å². The third kappa shape index (κ3) is 6.67. The Labute approximate surface area is 142 Å². The standard InChI is InChI=1S/C16H24N2O5S/c1-11(2)18-24(22,23)13-7-5-12(6-8-13)17-14(19)9-16(3,4)10-15(20)21/h5-8,11,18H,9-10H2,1-4H3,(H,17,19)(H,20,21). The number of benzene rings is 1.